The van der Waals surface area contributed by atoms with Gasteiger partial charge in [0.2, 0.25) is 0 Å². The third-order valence-corrected chi connectivity index (χ3v) is 10.7. The Hall–Kier alpha value is -3.58. The molecule has 0 fully saturated rings. The van der Waals surface area contributed by atoms with Crippen molar-refractivity contribution in [3.05, 3.63) is 56.8 Å². The largest absolute Gasteiger partial charge is 0.460 e. The van der Waals surface area contributed by atoms with Crippen LogP contribution in [0.15, 0.2) is 40.2 Å². The van der Waals surface area contributed by atoms with Crippen molar-refractivity contribution in [2.45, 2.75) is 71.8 Å². The van der Waals surface area contributed by atoms with Gasteiger partial charge >= 0.3 is 12.1 Å². The van der Waals surface area contributed by atoms with Gasteiger partial charge in [-0.15, -0.1) is 11.3 Å². The predicted octanol–water partition coefficient (Wildman–Crippen LogP) is 6.31. The van der Waals surface area contributed by atoms with Gasteiger partial charge in [-0.2, -0.15) is 13.2 Å². The molecule has 70 heavy (non-hydrogen) atoms. The molecule has 1 aromatic carbocycles. The summed E-state index contributed by atoms with van der Waals surface area (Å²) >= 11 is 1.43. The van der Waals surface area contributed by atoms with Gasteiger partial charge in [-0.3, -0.25) is 14.5 Å². The summed E-state index contributed by atoms with van der Waals surface area (Å²) in [5, 5.41) is 1.85. The molecule has 1 aromatic heterocycles. The standard InChI is InChI=1S/C49H77F3N4O13S/c1-6-11-56(47(58)41-35-44-43(10-33-70-44)54-45(53)36-41)38-40-8-7-39(34-42(40)49(50,51)52)37-55(5)12-14-60-16-18-62-20-22-64-24-26-66-28-30-68-32-31-67-29-27-65-25-23-63-21-19-61-17-15-59-13-9-46(57)69-48(2,3)4/h7-8,10,33-35H,6,9,11-32,36-38H2,1-5H3,(H2,53,54). The second kappa shape index (κ2) is 35.5. The molecule has 0 bridgehead atoms. The van der Waals surface area contributed by atoms with Crippen LogP contribution in [0.25, 0.3) is 6.08 Å². The maximum absolute atomic E-state index is 14.4. The van der Waals surface area contributed by atoms with Crippen LogP contribution in [0.5, 0.6) is 0 Å². The zero-order valence-corrected chi connectivity index (χ0v) is 42.6. The molecule has 0 saturated carbocycles. The molecule has 1 aliphatic rings. The molecule has 0 spiro atoms. The van der Waals surface area contributed by atoms with E-state index in [9.17, 15) is 22.8 Å². The normalized spacial score (nSPS) is 13.0. The average Bonchev–Trinajstić information content (AvgIpc) is 3.66. The number of likely N-dealkylation sites (N-methyl/N-ethyl adjacent to an activating group) is 1. The number of rotatable bonds is 40. The Labute approximate surface area is 415 Å². The third-order valence-electron chi connectivity index (χ3n) is 9.80. The van der Waals surface area contributed by atoms with Gasteiger partial charge in [0.25, 0.3) is 5.91 Å². The zero-order chi connectivity index (χ0) is 50.9. The Bertz CT molecular complexity index is 1810. The van der Waals surface area contributed by atoms with Gasteiger partial charge in [0.15, 0.2) is 0 Å². The quantitative estimate of drug-likeness (QED) is 0.0579. The lowest BCUT2D eigenvalue weighted by molar-refractivity contribution is -0.156. The number of aliphatic imine (C=N–C) groups is 1. The minimum absolute atomic E-state index is 0.0315. The number of carbonyl (C=O) groups excluding carboxylic acids is 2. The molecule has 0 saturated heterocycles. The van der Waals surface area contributed by atoms with Crippen LogP contribution in [0.1, 0.15) is 68.5 Å². The number of carbonyl (C=O) groups is 2. The van der Waals surface area contributed by atoms with E-state index < -0.39 is 17.3 Å². The molecule has 2 N–H and O–H groups in total. The lowest BCUT2D eigenvalue weighted by Crippen LogP contribution is -2.34. The third kappa shape index (κ3) is 27.9. The van der Waals surface area contributed by atoms with E-state index in [0.717, 1.165) is 4.88 Å². The molecule has 0 unspecified atom stereocenters. The van der Waals surface area contributed by atoms with Gasteiger partial charge < -0.3 is 62.7 Å². The lowest BCUT2D eigenvalue weighted by atomic mass is 10.0. The molecule has 3 rings (SSSR count). The molecular weight excluding hydrogens is 942 g/mol. The van der Waals surface area contributed by atoms with E-state index in [2.05, 4.69) is 4.99 Å². The molecule has 398 valence electrons. The highest BCUT2D eigenvalue weighted by Crippen LogP contribution is 2.35. The first-order valence-corrected chi connectivity index (χ1v) is 24.8. The summed E-state index contributed by atoms with van der Waals surface area (Å²) in [4.78, 5) is 33.8. The van der Waals surface area contributed by atoms with E-state index in [1.807, 2.05) is 51.1 Å². The van der Waals surface area contributed by atoms with Crippen molar-refractivity contribution >= 4 is 40.8 Å². The Kier molecular flexibility index (Phi) is 30.8. The van der Waals surface area contributed by atoms with Gasteiger partial charge in [0, 0.05) is 38.2 Å². The van der Waals surface area contributed by atoms with Crippen molar-refractivity contribution in [2.24, 2.45) is 10.7 Å². The Morgan fingerprint density at radius 2 is 1.14 bits per heavy atom. The van der Waals surface area contributed by atoms with Crippen LogP contribution in [0, 0.1) is 0 Å². The molecule has 17 nitrogen and oxygen atoms in total. The Balaban J connectivity index is 1.09. The first-order valence-electron chi connectivity index (χ1n) is 23.9. The number of nitrogens with two attached hydrogens (primary N) is 1. The Morgan fingerprint density at radius 1 is 0.671 bits per heavy atom. The molecule has 21 heteroatoms. The van der Waals surface area contributed by atoms with Crippen LogP contribution >= 0.6 is 11.3 Å². The summed E-state index contributed by atoms with van der Waals surface area (Å²) in [6.45, 7) is 16.7. The van der Waals surface area contributed by atoms with Crippen LogP contribution in [-0.2, 0) is 81.0 Å². The maximum atomic E-state index is 14.4. The second-order valence-electron chi connectivity index (χ2n) is 17.0. The van der Waals surface area contributed by atoms with Crippen LogP contribution < -0.4 is 5.73 Å². The van der Waals surface area contributed by atoms with Crippen LogP contribution in [0.2, 0.25) is 0 Å². The zero-order valence-electron chi connectivity index (χ0n) is 41.8. The van der Waals surface area contributed by atoms with Crippen molar-refractivity contribution in [1.82, 2.24) is 9.80 Å². The second-order valence-corrected chi connectivity index (χ2v) is 18.0. The van der Waals surface area contributed by atoms with Crippen LogP contribution in [0.4, 0.5) is 18.9 Å². The smallest absolute Gasteiger partial charge is 0.416 e. The number of hydrogen-bond acceptors (Lipinski definition) is 17. The maximum Gasteiger partial charge on any atom is 0.416 e. The van der Waals surface area contributed by atoms with Gasteiger partial charge in [0.1, 0.15) is 11.4 Å². The van der Waals surface area contributed by atoms with Crippen molar-refractivity contribution in [1.29, 1.82) is 0 Å². The summed E-state index contributed by atoms with van der Waals surface area (Å²) in [7, 11) is 1.82. The van der Waals surface area contributed by atoms with Crippen molar-refractivity contribution in [3.8, 4) is 0 Å². The number of hydrogen-bond donors (Lipinski definition) is 1. The van der Waals surface area contributed by atoms with E-state index in [1.165, 1.54) is 28.4 Å². The molecule has 1 aliphatic heterocycles. The lowest BCUT2D eigenvalue weighted by Gasteiger charge is -2.26. The number of amides is 1. The van der Waals surface area contributed by atoms with Gasteiger partial charge in [-0.1, -0.05) is 19.1 Å². The molecule has 0 radical (unpaired) electrons. The summed E-state index contributed by atoms with van der Waals surface area (Å²) in [5.74, 6) is -0.354. The van der Waals surface area contributed by atoms with E-state index in [0.29, 0.717) is 162 Å². The van der Waals surface area contributed by atoms with Gasteiger partial charge in [0.05, 0.1) is 155 Å². The van der Waals surface area contributed by atoms with Crippen molar-refractivity contribution < 1.29 is 74.9 Å². The van der Waals surface area contributed by atoms with E-state index >= 15 is 0 Å². The summed E-state index contributed by atoms with van der Waals surface area (Å²) in [5.41, 5.74) is 6.44. The molecule has 2 aromatic rings. The molecule has 2 heterocycles. The number of halogens is 3. The summed E-state index contributed by atoms with van der Waals surface area (Å²) in [6, 6.07) is 6.14. The summed E-state index contributed by atoms with van der Waals surface area (Å²) in [6.07, 6.45) is -1.95. The fraction of sp³-hybridized carbons (Fsp3) is 0.694. The van der Waals surface area contributed by atoms with E-state index in [1.54, 1.807) is 12.1 Å². The van der Waals surface area contributed by atoms with Crippen LogP contribution in [-0.4, -0.2) is 185 Å². The first-order chi connectivity index (χ1) is 33.7. The van der Waals surface area contributed by atoms with E-state index in [-0.39, 0.29) is 55.8 Å². The average molecular weight is 1020 g/mol. The number of fused-ring (bicyclic) bond motifs is 1. The van der Waals surface area contributed by atoms with Gasteiger partial charge in [-0.25, -0.2) is 4.99 Å². The number of alkyl halides is 3. The van der Waals surface area contributed by atoms with Crippen LogP contribution in [0.3, 0.4) is 0 Å². The number of benzene rings is 1. The monoisotopic (exact) mass is 1020 g/mol. The molecule has 0 aliphatic carbocycles. The Morgan fingerprint density at radius 3 is 1.60 bits per heavy atom. The highest BCUT2D eigenvalue weighted by Gasteiger charge is 2.35. The van der Waals surface area contributed by atoms with Crippen molar-refractivity contribution in [3.63, 3.8) is 0 Å². The number of esters is 1. The number of ether oxygens (including phenoxy) is 11. The van der Waals surface area contributed by atoms with Crippen molar-refractivity contribution in [2.75, 3.05) is 152 Å². The number of thiophene rings is 1. The topological polar surface area (TPSA) is 181 Å². The molecule has 0 atom stereocenters. The fourth-order valence-corrected chi connectivity index (χ4v) is 7.33. The summed E-state index contributed by atoms with van der Waals surface area (Å²) < 4.78 is 103. The highest BCUT2D eigenvalue weighted by molar-refractivity contribution is 7.11. The SMILES string of the molecule is CCCN(Cc1ccc(CN(C)CCOCCOCCOCCOCCOCCOCCOCCOCCOCCOCCC(=O)OC(C)(C)C)cc1C(F)(F)F)C(=O)C1=Cc2sccc2N=C(N)C1. The molecule has 1 amide bonds. The minimum atomic E-state index is -4.60. The van der Waals surface area contributed by atoms with Gasteiger partial charge in [-0.05, 0) is 69.0 Å². The van der Waals surface area contributed by atoms with E-state index in [4.69, 9.17) is 57.8 Å². The number of amidine groups is 1. The number of nitrogens with zero attached hydrogens (tertiary/aromatic N) is 3. The minimum Gasteiger partial charge on any atom is -0.460 e. The predicted molar refractivity (Wildman–Crippen MR) is 260 cm³/mol. The fourth-order valence-electron chi connectivity index (χ4n) is 6.55. The highest BCUT2D eigenvalue weighted by atomic mass is 32.1. The first kappa shape index (κ1) is 60.7. The molecular formula is C49H77F3N4O13S.